The minimum atomic E-state index is -4.25. The largest absolute Gasteiger partial charge is 0.412 e. The van der Waals surface area contributed by atoms with Gasteiger partial charge in [-0.1, -0.05) is 25.2 Å². The van der Waals surface area contributed by atoms with Crippen molar-refractivity contribution >= 4 is 0 Å². The number of allylic oxidation sites excluding steroid dienone is 2. The van der Waals surface area contributed by atoms with Gasteiger partial charge < -0.3 is 5.32 Å². The molecule has 0 aromatic carbocycles. The van der Waals surface area contributed by atoms with Gasteiger partial charge in [-0.3, -0.25) is 0 Å². The summed E-state index contributed by atoms with van der Waals surface area (Å²) in [6.45, 7) is 9.35. The minimum absolute atomic E-state index is 0.153. The van der Waals surface area contributed by atoms with Crippen LogP contribution in [-0.2, 0) is 0 Å². The first-order valence-electron chi connectivity index (χ1n) is 4.94. The molecule has 0 fully saturated rings. The zero-order valence-electron chi connectivity index (χ0n) is 9.41. The summed E-state index contributed by atoms with van der Waals surface area (Å²) in [5.41, 5.74) is -0.102. The third-order valence-corrected chi connectivity index (χ3v) is 1.99. The van der Waals surface area contributed by atoms with E-state index in [4.69, 9.17) is 0 Å². The molecule has 0 rings (SSSR count). The van der Waals surface area contributed by atoms with E-state index >= 15 is 0 Å². The Morgan fingerprint density at radius 1 is 1.47 bits per heavy atom. The summed E-state index contributed by atoms with van der Waals surface area (Å²) in [6.07, 6.45) is -2.61. The summed E-state index contributed by atoms with van der Waals surface area (Å²) in [5.74, 6) is 0. The lowest BCUT2D eigenvalue weighted by Crippen LogP contribution is -2.25. The molecular weight excluding hydrogens is 203 g/mol. The molecule has 0 aliphatic heterocycles. The summed E-state index contributed by atoms with van der Waals surface area (Å²) in [4.78, 5) is 0. The second-order valence-electron chi connectivity index (χ2n) is 3.65. The van der Waals surface area contributed by atoms with Crippen LogP contribution in [0.2, 0.25) is 0 Å². The summed E-state index contributed by atoms with van der Waals surface area (Å²) < 4.78 is 36.5. The van der Waals surface area contributed by atoms with E-state index in [0.29, 0.717) is 12.0 Å². The average molecular weight is 221 g/mol. The lowest BCUT2D eigenvalue weighted by molar-refractivity contribution is -0.0913. The Morgan fingerprint density at radius 2 is 2.00 bits per heavy atom. The summed E-state index contributed by atoms with van der Waals surface area (Å²) >= 11 is 0. The highest BCUT2D eigenvalue weighted by Gasteiger charge is 2.29. The number of rotatable bonds is 5. The second-order valence-corrected chi connectivity index (χ2v) is 3.65. The predicted molar refractivity (Wildman–Crippen MR) is 56.7 cm³/mol. The van der Waals surface area contributed by atoms with Gasteiger partial charge in [0.2, 0.25) is 0 Å². The van der Waals surface area contributed by atoms with E-state index in [-0.39, 0.29) is 6.04 Å². The maximum Gasteiger partial charge on any atom is 0.412 e. The quantitative estimate of drug-likeness (QED) is 0.701. The van der Waals surface area contributed by atoms with E-state index in [1.54, 1.807) is 0 Å². The molecule has 1 nitrogen and oxygen atoms in total. The third-order valence-electron chi connectivity index (χ3n) is 1.99. The van der Waals surface area contributed by atoms with Crippen molar-refractivity contribution in [1.29, 1.82) is 0 Å². The number of hydrogen-bond acceptors (Lipinski definition) is 1. The van der Waals surface area contributed by atoms with Crippen molar-refractivity contribution in [2.45, 2.75) is 39.4 Å². The molecule has 0 saturated carbocycles. The third kappa shape index (κ3) is 6.33. The molecule has 0 amide bonds. The second kappa shape index (κ2) is 5.95. The molecule has 0 aliphatic carbocycles. The summed E-state index contributed by atoms with van der Waals surface area (Å²) in [5, 5.41) is 3.12. The molecule has 0 radical (unpaired) electrons. The van der Waals surface area contributed by atoms with Crippen LogP contribution in [0.15, 0.2) is 23.8 Å². The van der Waals surface area contributed by atoms with E-state index in [2.05, 4.69) is 11.9 Å². The zero-order valence-corrected chi connectivity index (χ0v) is 9.41. The van der Waals surface area contributed by atoms with Crippen LogP contribution < -0.4 is 5.32 Å². The fourth-order valence-corrected chi connectivity index (χ4v) is 1.26. The lowest BCUT2D eigenvalue weighted by atomic mass is 10.1. The molecule has 0 bridgehead atoms. The Labute approximate surface area is 89.1 Å². The Morgan fingerprint density at radius 3 is 2.40 bits per heavy atom. The molecule has 15 heavy (non-hydrogen) atoms. The number of alkyl halides is 3. The van der Waals surface area contributed by atoms with Gasteiger partial charge in [0.15, 0.2) is 0 Å². The van der Waals surface area contributed by atoms with Crippen molar-refractivity contribution in [3.63, 3.8) is 0 Å². The molecule has 0 saturated heterocycles. The lowest BCUT2D eigenvalue weighted by Gasteiger charge is -2.13. The van der Waals surface area contributed by atoms with Crippen LogP contribution in [0.3, 0.4) is 0 Å². The highest BCUT2D eigenvalue weighted by atomic mass is 19.4. The molecule has 1 atom stereocenters. The monoisotopic (exact) mass is 221 g/mol. The van der Waals surface area contributed by atoms with Crippen LogP contribution in [-0.4, -0.2) is 18.8 Å². The Hall–Kier alpha value is -0.770. The SMILES string of the molecule is C=C(/C=C(\C)C(F)(F)F)CC(C)NCC. The van der Waals surface area contributed by atoms with Crippen LogP contribution >= 0.6 is 0 Å². The first-order valence-corrected chi connectivity index (χ1v) is 4.94. The van der Waals surface area contributed by atoms with Crippen molar-refractivity contribution in [1.82, 2.24) is 5.32 Å². The maximum atomic E-state index is 12.2. The fraction of sp³-hybridized carbons (Fsp3) is 0.636. The molecule has 0 aliphatic rings. The maximum absolute atomic E-state index is 12.2. The molecule has 0 aromatic heterocycles. The van der Waals surface area contributed by atoms with Gasteiger partial charge in [-0.25, -0.2) is 0 Å². The van der Waals surface area contributed by atoms with Crippen LogP contribution in [0.4, 0.5) is 13.2 Å². The fourth-order valence-electron chi connectivity index (χ4n) is 1.26. The molecule has 1 N–H and O–H groups in total. The molecule has 4 heteroatoms. The van der Waals surface area contributed by atoms with Gasteiger partial charge in [0.1, 0.15) is 0 Å². The van der Waals surface area contributed by atoms with Crippen molar-refractivity contribution < 1.29 is 13.2 Å². The zero-order chi connectivity index (χ0) is 12.1. The van der Waals surface area contributed by atoms with Gasteiger partial charge in [-0.15, -0.1) is 0 Å². The Balaban J connectivity index is 4.25. The van der Waals surface area contributed by atoms with Crippen molar-refractivity contribution in [2.24, 2.45) is 0 Å². The van der Waals surface area contributed by atoms with E-state index in [9.17, 15) is 13.2 Å². The predicted octanol–water partition coefficient (Wildman–Crippen LogP) is 3.44. The number of nitrogens with one attached hydrogen (secondary N) is 1. The van der Waals surface area contributed by atoms with Crippen molar-refractivity contribution in [2.75, 3.05) is 6.54 Å². The Kier molecular flexibility index (Phi) is 5.65. The topological polar surface area (TPSA) is 12.0 Å². The minimum Gasteiger partial charge on any atom is -0.314 e. The number of hydrogen-bond donors (Lipinski definition) is 1. The molecule has 88 valence electrons. The van der Waals surface area contributed by atoms with E-state index in [1.165, 1.54) is 0 Å². The first-order chi connectivity index (χ1) is 6.77. The molecule has 0 aromatic rings. The number of halogens is 3. The van der Waals surface area contributed by atoms with Crippen molar-refractivity contribution in [3.05, 3.63) is 23.8 Å². The smallest absolute Gasteiger partial charge is 0.314 e. The van der Waals surface area contributed by atoms with Gasteiger partial charge >= 0.3 is 6.18 Å². The average Bonchev–Trinajstić information content (AvgIpc) is 2.01. The van der Waals surface area contributed by atoms with Gasteiger partial charge in [0.05, 0.1) is 0 Å². The molecule has 0 spiro atoms. The highest BCUT2D eigenvalue weighted by molar-refractivity contribution is 5.22. The molecule has 1 unspecified atom stereocenters. The normalized spacial score (nSPS) is 15.2. The summed E-state index contributed by atoms with van der Waals surface area (Å²) in [7, 11) is 0. The van der Waals surface area contributed by atoms with Gasteiger partial charge in [-0.05, 0) is 26.8 Å². The van der Waals surface area contributed by atoms with Crippen LogP contribution in [0.5, 0.6) is 0 Å². The van der Waals surface area contributed by atoms with Crippen LogP contribution in [0.25, 0.3) is 0 Å². The molecule has 0 heterocycles. The first kappa shape index (κ1) is 14.2. The van der Waals surface area contributed by atoms with E-state index in [0.717, 1.165) is 19.5 Å². The molecular formula is C11H18F3N. The standard InChI is InChI=1S/C11H18F3N/c1-5-15-10(4)7-8(2)6-9(3)11(12,13)14/h6,10,15H,2,5,7H2,1,3-4H3/b9-6+. The van der Waals surface area contributed by atoms with Gasteiger partial charge in [0.25, 0.3) is 0 Å². The van der Waals surface area contributed by atoms with Crippen molar-refractivity contribution in [3.8, 4) is 0 Å². The van der Waals surface area contributed by atoms with E-state index in [1.807, 2.05) is 13.8 Å². The Bertz CT molecular complexity index is 241. The highest BCUT2D eigenvalue weighted by Crippen LogP contribution is 2.26. The van der Waals surface area contributed by atoms with Crippen LogP contribution in [0.1, 0.15) is 27.2 Å². The van der Waals surface area contributed by atoms with Gasteiger partial charge in [0, 0.05) is 11.6 Å². The summed E-state index contributed by atoms with van der Waals surface area (Å²) in [6, 6.07) is 0.153. The van der Waals surface area contributed by atoms with Crippen LogP contribution in [0, 0.1) is 0 Å². The van der Waals surface area contributed by atoms with Gasteiger partial charge in [-0.2, -0.15) is 13.2 Å². The van der Waals surface area contributed by atoms with E-state index < -0.39 is 11.7 Å².